The fraction of sp³-hybridized carbons (Fsp3) is 0.733. The van der Waals surface area contributed by atoms with Crippen molar-refractivity contribution in [1.29, 1.82) is 0 Å². The number of thiazole rings is 1. The minimum absolute atomic E-state index is 0.691. The Morgan fingerprint density at radius 1 is 1.16 bits per heavy atom. The van der Waals surface area contributed by atoms with Gasteiger partial charge in [-0.2, -0.15) is 0 Å². The molecule has 0 fully saturated rings. The van der Waals surface area contributed by atoms with Crippen LogP contribution in [0.1, 0.15) is 70.1 Å². The summed E-state index contributed by atoms with van der Waals surface area (Å²) in [6.07, 6.45) is 13.4. The molecule has 2 N–H and O–H groups in total. The van der Waals surface area contributed by atoms with Gasteiger partial charge in [0.2, 0.25) is 0 Å². The number of carbonyl (C=O) groups excluding carboxylic acids is 1. The first kappa shape index (κ1) is 18.1. The molecule has 0 atom stereocenters. The Balaban J connectivity index is 0.000000362. The van der Waals surface area contributed by atoms with E-state index in [1.807, 2.05) is 6.20 Å². The molecule has 0 aromatic carbocycles. The van der Waals surface area contributed by atoms with E-state index in [2.05, 4.69) is 18.8 Å². The van der Waals surface area contributed by atoms with E-state index in [0.717, 1.165) is 25.5 Å². The topological polar surface area (TPSA) is 56.0 Å². The van der Waals surface area contributed by atoms with Gasteiger partial charge < -0.3 is 10.5 Å². The van der Waals surface area contributed by atoms with Crippen LogP contribution in [-0.2, 0) is 11.2 Å². The number of nitrogens with zero attached hydrogens (tertiary/aromatic N) is 1. The van der Waals surface area contributed by atoms with Crippen molar-refractivity contribution in [1.82, 2.24) is 4.98 Å². The van der Waals surface area contributed by atoms with Gasteiger partial charge in [0.15, 0.2) is 5.13 Å². The van der Waals surface area contributed by atoms with Gasteiger partial charge in [-0.1, -0.05) is 46.0 Å². The molecule has 0 spiro atoms. The van der Waals surface area contributed by atoms with Gasteiger partial charge in [-0.15, -0.1) is 11.3 Å². The Kier molecular flexibility index (Phi) is 12.9. The summed E-state index contributed by atoms with van der Waals surface area (Å²) in [6.45, 7) is 4.38. The molecule has 3 nitrogen and oxygen atoms in total. The van der Waals surface area contributed by atoms with Crippen molar-refractivity contribution in [3.05, 3.63) is 11.1 Å². The van der Waals surface area contributed by atoms with E-state index in [9.17, 15) is 4.79 Å². The van der Waals surface area contributed by atoms with Crippen molar-refractivity contribution >= 4 is 22.8 Å². The van der Waals surface area contributed by atoms with Crippen LogP contribution in [0.4, 0.5) is 5.13 Å². The molecule has 0 aliphatic carbocycles. The van der Waals surface area contributed by atoms with Crippen LogP contribution in [0.5, 0.6) is 0 Å². The third-order valence-electron chi connectivity index (χ3n) is 2.77. The Labute approximate surface area is 121 Å². The number of hydrogen-bond acceptors (Lipinski definition) is 4. The fourth-order valence-corrected chi connectivity index (χ4v) is 2.37. The van der Waals surface area contributed by atoms with Crippen molar-refractivity contribution in [2.24, 2.45) is 0 Å². The number of nitrogen functional groups attached to an aromatic ring is 1. The van der Waals surface area contributed by atoms with Crippen molar-refractivity contribution in [3.63, 3.8) is 0 Å². The van der Waals surface area contributed by atoms with Crippen molar-refractivity contribution < 1.29 is 4.79 Å². The minimum atomic E-state index is 0.691. The van der Waals surface area contributed by atoms with Crippen molar-refractivity contribution in [2.75, 3.05) is 5.73 Å². The zero-order chi connectivity index (χ0) is 14.3. The number of hydrogen-bond donors (Lipinski definition) is 1. The predicted octanol–water partition coefficient (Wildman–Crippen LogP) is 4.61. The molecule has 110 valence electrons. The number of unbranched alkanes of at least 4 members (excludes halogenated alkanes) is 6. The van der Waals surface area contributed by atoms with Crippen LogP contribution < -0.4 is 5.73 Å². The molecule has 0 amide bonds. The maximum atomic E-state index is 9.77. The highest BCUT2D eigenvalue weighted by Crippen LogP contribution is 2.16. The highest BCUT2D eigenvalue weighted by atomic mass is 32.1. The number of nitrogens with two attached hydrogens (primary N) is 1. The highest BCUT2D eigenvalue weighted by Gasteiger charge is 1.96. The Bertz CT molecular complexity index is 313. The van der Waals surface area contributed by atoms with Gasteiger partial charge in [-0.3, -0.25) is 0 Å². The second-order valence-electron chi connectivity index (χ2n) is 4.64. The normalized spacial score (nSPS) is 9.79. The van der Waals surface area contributed by atoms with Crippen molar-refractivity contribution in [3.8, 4) is 0 Å². The van der Waals surface area contributed by atoms with E-state index < -0.39 is 0 Å². The van der Waals surface area contributed by atoms with Gasteiger partial charge in [-0.05, 0) is 19.3 Å². The van der Waals surface area contributed by atoms with Gasteiger partial charge in [0.25, 0.3) is 0 Å². The Morgan fingerprint density at radius 2 is 1.84 bits per heavy atom. The summed E-state index contributed by atoms with van der Waals surface area (Å²) in [7, 11) is 0. The molecule has 0 saturated carbocycles. The van der Waals surface area contributed by atoms with Crippen LogP contribution in [0.15, 0.2) is 6.20 Å². The van der Waals surface area contributed by atoms with Crippen LogP contribution in [-0.4, -0.2) is 11.3 Å². The highest BCUT2D eigenvalue weighted by molar-refractivity contribution is 7.15. The average Bonchev–Trinajstić information content (AvgIpc) is 2.82. The second-order valence-corrected chi connectivity index (χ2v) is 5.78. The average molecular weight is 284 g/mol. The largest absolute Gasteiger partial charge is 0.375 e. The summed E-state index contributed by atoms with van der Waals surface area (Å²) in [5.74, 6) is 0. The molecule has 0 radical (unpaired) electrons. The zero-order valence-corrected chi connectivity index (χ0v) is 13.2. The van der Waals surface area contributed by atoms with Crippen LogP contribution in [0.3, 0.4) is 0 Å². The van der Waals surface area contributed by atoms with E-state index in [0.29, 0.717) is 5.13 Å². The number of aromatic nitrogens is 1. The third-order valence-corrected chi connectivity index (χ3v) is 3.66. The lowest BCUT2D eigenvalue weighted by Crippen LogP contribution is -1.79. The summed E-state index contributed by atoms with van der Waals surface area (Å²) in [6, 6.07) is 0. The molecule has 1 heterocycles. The summed E-state index contributed by atoms with van der Waals surface area (Å²) < 4.78 is 0. The summed E-state index contributed by atoms with van der Waals surface area (Å²) in [4.78, 5) is 15.1. The SMILES string of the molecule is CCCCCCC=O.CCCCCc1cnc(N)s1. The first-order valence-electron chi connectivity index (χ1n) is 7.38. The monoisotopic (exact) mass is 284 g/mol. The molecule has 0 aliphatic rings. The maximum absolute atomic E-state index is 9.77. The van der Waals surface area contributed by atoms with Crippen LogP contribution in [0.2, 0.25) is 0 Å². The summed E-state index contributed by atoms with van der Waals surface area (Å²) in [5.41, 5.74) is 5.49. The molecule has 0 bridgehead atoms. The lowest BCUT2D eigenvalue weighted by molar-refractivity contribution is -0.107. The van der Waals surface area contributed by atoms with Crippen LogP contribution in [0.25, 0.3) is 0 Å². The third kappa shape index (κ3) is 11.9. The molecule has 0 unspecified atom stereocenters. The Morgan fingerprint density at radius 3 is 2.37 bits per heavy atom. The van der Waals surface area contributed by atoms with Gasteiger partial charge >= 0.3 is 0 Å². The standard InChI is InChI=1S/C8H14N2S.C7H14O/c1-2-3-4-5-7-6-10-8(9)11-7;1-2-3-4-5-6-7-8/h6H,2-5H2,1H3,(H2,9,10);7H,2-6H2,1H3. The number of aldehydes is 1. The van der Waals surface area contributed by atoms with Crippen LogP contribution >= 0.6 is 11.3 Å². The minimum Gasteiger partial charge on any atom is -0.375 e. The van der Waals surface area contributed by atoms with E-state index >= 15 is 0 Å². The lowest BCUT2D eigenvalue weighted by atomic mass is 10.2. The lowest BCUT2D eigenvalue weighted by Gasteiger charge is -1.92. The molecule has 1 aromatic heterocycles. The molecule has 1 aromatic rings. The number of anilines is 1. The summed E-state index contributed by atoms with van der Waals surface area (Å²) >= 11 is 1.60. The van der Waals surface area contributed by atoms with Gasteiger partial charge in [0.1, 0.15) is 6.29 Å². The predicted molar refractivity (Wildman–Crippen MR) is 84.6 cm³/mol. The van der Waals surface area contributed by atoms with Crippen molar-refractivity contribution in [2.45, 2.75) is 71.6 Å². The smallest absolute Gasteiger partial charge is 0.180 e. The molecule has 1 rings (SSSR count). The molecule has 0 aliphatic heterocycles. The Hall–Kier alpha value is -0.900. The number of aryl methyl sites for hydroxylation is 1. The molecule has 4 heteroatoms. The van der Waals surface area contributed by atoms with E-state index in [1.165, 1.54) is 43.4 Å². The molecule has 0 saturated heterocycles. The van der Waals surface area contributed by atoms with E-state index in [-0.39, 0.29) is 0 Å². The summed E-state index contributed by atoms with van der Waals surface area (Å²) in [5, 5.41) is 0.691. The van der Waals surface area contributed by atoms with Gasteiger partial charge in [-0.25, -0.2) is 4.98 Å². The quantitative estimate of drug-likeness (QED) is 0.532. The van der Waals surface area contributed by atoms with Gasteiger partial charge in [0, 0.05) is 17.5 Å². The van der Waals surface area contributed by atoms with E-state index in [4.69, 9.17) is 5.73 Å². The van der Waals surface area contributed by atoms with E-state index in [1.54, 1.807) is 11.3 Å². The molecular weight excluding hydrogens is 256 g/mol. The maximum Gasteiger partial charge on any atom is 0.180 e. The number of carbonyl (C=O) groups is 1. The molecular formula is C15H28N2OS. The first-order chi connectivity index (χ1) is 9.24. The first-order valence-corrected chi connectivity index (χ1v) is 8.20. The van der Waals surface area contributed by atoms with Crippen LogP contribution in [0, 0.1) is 0 Å². The zero-order valence-electron chi connectivity index (χ0n) is 12.4. The second kappa shape index (κ2) is 13.5. The fourth-order valence-electron chi connectivity index (χ4n) is 1.64. The van der Waals surface area contributed by atoms with Gasteiger partial charge in [0.05, 0.1) is 0 Å². The number of rotatable bonds is 9. The molecule has 19 heavy (non-hydrogen) atoms.